The molecule has 0 heterocycles. The third kappa shape index (κ3) is 4.55. The molecule has 0 atom stereocenters. The monoisotopic (exact) mass is 220 g/mol. The molecule has 0 spiro atoms. The van der Waals surface area contributed by atoms with Gasteiger partial charge in [-0.1, -0.05) is 0 Å². The fraction of sp³-hybridized carbons (Fsp3) is 0.900. The highest BCUT2D eigenvalue weighted by molar-refractivity contribution is 5.76. The lowest BCUT2D eigenvalue weighted by Gasteiger charge is -2.21. The van der Waals surface area contributed by atoms with E-state index in [-0.39, 0.29) is 11.9 Å². The second-order valence-corrected chi connectivity index (χ2v) is 3.88. The Morgan fingerprint density at radius 1 is 1.53 bits per heavy atom. The summed E-state index contributed by atoms with van der Waals surface area (Å²) in [6.45, 7) is 0.349. The first kappa shape index (κ1) is 12.4. The van der Waals surface area contributed by atoms with Gasteiger partial charge in [0, 0.05) is 12.5 Å². The van der Waals surface area contributed by atoms with Gasteiger partial charge in [-0.2, -0.15) is 0 Å². The second-order valence-electron chi connectivity index (χ2n) is 3.88. The molecule has 1 saturated carbocycles. The Hall–Kier alpha value is -0.710. The number of hydrogen-bond donors (Lipinski definition) is 1. The molecule has 1 aliphatic carbocycles. The third-order valence-electron chi connectivity index (χ3n) is 2.46. The van der Waals surface area contributed by atoms with Crippen molar-refractivity contribution in [3.8, 4) is 0 Å². The quantitative estimate of drug-likeness (QED) is 0.655. The van der Waals surface area contributed by atoms with Crippen molar-refractivity contribution in [3.05, 3.63) is 0 Å². The standard InChI is InChI=1S/C10H18F2N2O/c1-13-6-2-3-10(15)14(7-9(11)12)8-4-5-8/h8-9,13H,2-7H2,1H3. The normalized spacial score (nSPS) is 15.7. The van der Waals surface area contributed by atoms with Crippen LogP contribution in [0.4, 0.5) is 8.78 Å². The van der Waals surface area contributed by atoms with Crippen LogP contribution in [0.15, 0.2) is 0 Å². The van der Waals surface area contributed by atoms with Crippen molar-refractivity contribution in [2.24, 2.45) is 0 Å². The van der Waals surface area contributed by atoms with Gasteiger partial charge in [0.25, 0.3) is 6.43 Å². The van der Waals surface area contributed by atoms with E-state index < -0.39 is 13.0 Å². The SMILES string of the molecule is CNCCCC(=O)N(CC(F)F)C1CC1. The van der Waals surface area contributed by atoms with Crippen molar-refractivity contribution in [2.75, 3.05) is 20.1 Å². The molecule has 0 aliphatic heterocycles. The van der Waals surface area contributed by atoms with Crippen LogP contribution in [0, 0.1) is 0 Å². The number of nitrogens with zero attached hydrogens (tertiary/aromatic N) is 1. The van der Waals surface area contributed by atoms with Crippen LogP contribution >= 0.6 is 0 Å². The third-order valence-corrected chi connectivity index (χ3v) is 2.46. The minimum Gasteiger partial charge on any atom is -0.334 e. The van der Waals surface area contributed by atoms with Gasteiger partial charge in [0.2, 0.25) is 5.91 Å². The minimum absolute atomic E-state index is 0.0843. The summed E-state index contributed by atoms with van der Waals surface area (Å²) in [6.07, 6.45) is 0.416. The van der Waals surface area contributed by atoms with Gasteiger partial charge in [0.05, 0.1) is 6.54 Å². The minimum atomic E-state index is -2.42. The van der Waals surface area contributed by atoms with Gasteiger partial charge in [0.15, 0.2) is 0 Å². The zero-order chi connectivity index (χ0) is 11.3. The average molecular weight is 220 g/mol. The Morgan fingerprint density at radius 3 is 2.67 bits per heavy atom. The van der Waals surface area contributed by atoms with Crippen LogP contribution in [0.3, 0.4) is 0 Å². The smallest absolute Gasteiger partial charge is 0.255 e. The summed E-state index contributed by atoms with van der Waals surface area (Å²) < 4.78 is 24.4. The van der Waals surface area contributed by atoms with Gasteiger partial charge >= 0.3 is 0 Å². The van der Waals surface area contributed by atoms with E-state index in [4.69, 9.17) is 0 Å². The van der Waals surface area contributed by atoms with E-state index in [2.05, 4.69) is 5.32 Å². The first-order valence-corrected chi connectivity index (χ1v) is 5.37. The van der Waals surface area contributed by atoms with Gasteiger partial charge in [-0.15, -0.1) is 0 Å². The number of rotatable bonds is 7. The number of hydrogen-bond acceptors (Lipinski definition) is 2. The zero-order valence-corrected chi connectivity index (χ0v) is 9.01. The zero-order valence-electron chi connectivity index (χ0n) is 9.01. The fourth-order valence-corrected chi connectivity index (χ4v) is 1.55. The molecule has 1 fully saturated rings. The highest BCUT2D eigenvalue weighted by atomic mass is 19.3. The molecule has 0 saturated heterocycles. The van der Waals surface area contributed by atoms with Crippen LogP contribution in [0.2, 0.25) is 0 Å². The molecule has 0 aromatic carbocycles. The maximum Gasteiger partial charge on any atom is 0.255 e. The average Bonchev–Trinajstić information content (AvgIpc) is 2.97. The number of carbonyl (C=O) groups is 1. The molecule has 1 aliphatic rings. The van der Waals surface area contributed by atoms with E-state index in [1.807, 2.05) is 7.05 Å². The van der Waals surface area contributed by atoms with E-state index in [0.717, 1.165) is 19.4 Å². The Kier molecular flexibility index (Phi) is 4.94. The molecule has 1 rings (SSSR count). The van der Waals surface area contributed by atoms with Crippen molar-refractivity contribution < 1.29 is 13.6 Å². The van der Waals surface area contributed by atoms with Crippen LogP contribution < -0.4 is 5.32 Å². The maximum atomic E-state index is 12.2. The predicted octanol–water partition coefficient (Wildman–Crippen LogP) is 1.24. The number of alkyl halides is 2. The van der Waals surface area contributed by atoms with Crippen LogP contribution in [-0.4, -0.2) is 43.4 Å². The van der Waals surface area contributed by atoms with Crippen molar-refractivity contribution >= 4 is 5.91 Å². The molecule has 1 N–H and O–H groups in total. The summed E-state index contributed by atoms with van der Waals surface area (Å²) in [4.78, 5) is 12.9. The summed E-state index contributed by atoms with van der Waals surface area (Å²) >= 11 is 0. The van der Waals surface area contributed by atoms with Gasteiger partial charge in [0.1, 0.15) is 0 Å². The number of nitrogens with one attached hydrogen (secondary N) is 1. The molecule has 3 nitrogen and oxygen atoms in total. The summed E-state index contributed by atoms with van der Waals surface area (Å²) in [5.41, 5.74) is 0. The fourth-order valence-electron chi connectivity index (χ4n) is 1.55. The molecule has 88 valence electrons. The van der Waals surface area contributed by atoms with Crippen LogP contribution in [-0.2, 0) is 4.79 Å². The van der Waals surface area contributed by atoms with E-state index in [1.165, 1.54) is 4.90 Å². The summed E-state index contributed by atoms with van der Waals surface area (Å²) in [6, 6.07) is 0.0843. The highest BCUT2D eigenvalue weighted by Gasteiger charge is 2.33. The lowest BCUT2D eigenvalue weighted by Crippen LogP contribution is -2.37. The lowest BCUT2D eigenvalue weighted by molar-refractivity contribution is -0.133. The molecular formula is C10H18F2N2O. The van der Waals surface area contributed by atoms with Crippen LogP contribution in [0.5, 0.6) is 0 Å². The van der Waals surface area contributed by atoms with Gasteiger partial charge < -0.3 is 10.2 Å². The second kappa shape index (κ2) is 6.00. The molecule has 15 heavy (non-hydrogen) atoms. The van der Waals surface area contributed by atoms with Gasteiger partial charge in [-0.25, -0.2) is 8.78 Å². The first-order chi connectivity index (χ1) is 7.15. The van der Waals surface area contributed by atoms with Crippen molar-refractivity contribution in [3.63, 3.8) is 0 Å². The molecule has 0 radical (unpaired) electrons. The van der Waals surface area contributed by atoms with E-state index >= 15 is 0 Å². The van der Waals surface area contributed by atoms with Gasteiger partial charge in [-0.05, 0) is 32.9 Å². The molecule has 0 aromatic rings. The topological polar surface area (TPSA) is 32.3 Å². The Balaban J connectivity index is 2.30. The predicted molar refractivity (Wildman–Crippen MR) is 53.9 cm³/mol. The Labute approximate surface area is 88.8 Å². The number of halogens is 2. The summed E-state index contributed by atoms with van der Waals surface area (Å²) in [5, 5.41) is 2.93. The summed E-state index contributed by atoms with van der Waals surface area (Å²) in [7, 11) is 1.81. The van der Waals surface area contributed by atoms with Crippen molar-refractivity contribution in [1.82, 2.24) is 10.2 Å². The van der Waals surface area contributed by atoms with E-state index in [0.29, 0.717) is 12.8 Å². The molecule has 0 unspecified atom stereocenters. The van der Waals surface area contributed by atoms with E-state index in [1.54, 1.807) is 0 Å². The molecule has 0 bridgehead atoms. The van der Waals surface area contributed by atoms with Gasteiger partial charge in [-0.3, -0.25) is 4.79 Å². The Morgan fingerprint density at radius 2 is 2.20 bits per heavy atom. The highest BCUT2D eigenvalue weighted by Crippen LogP contribution is 2.28. The van der Waals surface area contributed by atoms with Crippen molar-refractivity contribution in [1.29, 1.82) is 0 Å². The Bertz CT molecular complexity index is 208. The molecular weight excluding hydrogens is 202 g/mol. The number of carbonyl (C=O) groups excluding carboxylic acids is 1. The molecule has 1 amide bonds. The maximum absolute atomic E-state index is 12.2. The number of amides is 1. The largest absolute Gasteiger partial charge is 0.334 e. The molecule has 5 heteroatoms. The summed E-state index contributed by atoms with van der Waals surface area (Å²) in [5.74, 6) is -0.131. The van der Waals surface area contributed by atoms with Crippen LogP contribution in [0.1, 0.15) is 25.7 Å². The first-order valence-electron chi connectivity index (χ1n) is 5.37. The lowest BCUT2D eigenvalue weighted by atomic mass is 10.2. The van der Waals surface area contributed by atoms with Crippen LogP contribution in [0.25, 0.3) is 0 Å². The van der Waals surface area contributed by atoms with E-state index in [9.17, 15) is 13.6 Å². The van der Waals surface area contributed by atoms with Crippen molar-refractivity contribution in [2.45, 2.75) is 38.2 Å². The molecule has 0 aromatic heterocycles.